The predicted molar refractivity (Wildman–Crippen MR) is 116 cm³/mol. The Hall–Kier alpha value is -2.09. The molecule has 0 aliphatic rings. The zero-order chi connectivity index (χ0) is 21.6. The van der Waals surface area contributed by atoms with Gasteiger partial charge in [0.15, 0.2) is 0 Å². The number of carbonyl (C=O) groups is 1. The quantitative estimate of drug-likeness (QED) is 0.571. The van der Waals surface area contributed by atoms with Crippen LogP contribution in [0.3, 0.4) is 0 Å². The fourth-order valence-electron chi connectivity index (χ4n) is 2.79. The van der Waals surface area contributed by atoms with Crippen LogP contribution in [0.25, 0.3) is 0 Å². The van der Waals surface area contributed by atoms with Crippen molar-refractivity contribution >= 4 is 33.2 Å². The van der Waals surface area contributed by atoms with Gasteiger partial charge in [0.1, 0.15) is 4.90 Å². The monoisotopic (exact) mass is 438 g/mol. The molecular weight excluding hydrogens is 412 g/mol. The number of halogens is 1. The van der Waals surface area contributed by atoms with Gasteiger partial charge in [0.25, 0.3) is 15.9 Å². The lowest BCUT2D eigenvalue weighted by Crippen LogP contribution is -2.26. The number of sulfonamides is 1. The highest BCUT2D eigenvalue weighted by Gasteiger charge is 2.20. The van der Waals surface area contributed by atoms with Crippen LogP contribution >= 0.6 is 11.6 Å². The van der Waals surface area contributed by atoms with Crippen LogP contribution in [0.1, 0.15) is 41.8 Å². The van der Waals surface area contributed by atoms with Crippen molar-refractivity contribution in [2.75, 3.05) is 17.9 Å². The number of hydrogen-bond donors (Lipinski definition) is 2. The van der Waals surface area contributed by atoms with Crippen LogP contribution in [0.5, 0.6) is 0 Å². The lowest BCUT2D eigenvalue weighted by molar-refractivity contribution is 0.0757. The molecule has 0 bridgehead atoms. The van der Waals surface area contributed by atoms with Gasteiger partial charge < -0.3 is 10.1 Å². The number of aryl methyl sites for hydroxylation is 2. The molecular formula is C21H27ClN2O4S. The zero-order valence-electron chi connectivity index (χ0n) is 17.1. The second-order valence-corrected chi connectivity index (χ2v) is 9.21. The van der Waals surface area contributed by atoms with Crippen molar-refractivity contribution in [1.29, 1.82) is 0 Å². The summed E-state index contributed by atoms with van der Waals surface area (Å²) < 4.78 is 33.6. The highest BCUT2D eigenvalue weighted by Crippen LogP contribution is 2.26. The first-order valence-electron chi connectivity index (χ1n) is 9.39. The summed E-state index contributed by atoms with van der Waals surface area (Å²) in [6, 6.07) is 9.60. The summed E-state index contributed by atoms with van der Waals surface area (Å²) in [5.74, 6) is -0.367. The number of anilines is 1. The number of benzene rings is 2. The molecule has 0 aliphatic heterocycles. The van der Waals surface area contributed by atoms with E-state index in [1.54, 1.807) is 12.1 Å². The summed E-state index contributed by atoms with van der Waals surface area (Å²) in [7, 11) is -3.95. The molecule has 2 N–H and O–H groups in total. The van der Waals surface area contributed by atoms with Crippen LogP contribution in [0, 0.1) is 13.8 Å². The molecule has 0 aromatic heterocycles. The Labute approximate surface area is 177 Å². The van der Waals surface area contributed by atoms with Gasteiger partial charge in [0, 0.05) is 24.4 Å². The predicted octanol–water partition coefficient (Wildman–Crippen LogP) is 4.30. The number of amides is 1. The van der Waals surface area contributed by atoms with E-state index in [1.807, 2.05) is 33.8 Å². The van der Waals surface area contributed by atoms with E-state index >= 15 is 0 Å². The molecule has 0 heterocycles. The summed E-state index contributed by atoms with van der Waals surface area (Å²) in [4.78, 5) is 12.2. The van der Waals surface area contributed by atoms with Crippen LogP contribution in [0.2, 0.25) is 5.02 Å². The first-order chi connectivity index (χ1) is 13.6. The van der Waals surface area contributed by atoms with Gasteiger partial charge in [-0.3, -0.25) is 9.52 Å². The molecule has 0 unspecified atom stereocenters. The first kappa shape index (κ1) is 23.2. The molecule has 0 saturated carbocycles. The van der Waals surface area contributed by atoms with Crippen molar-refractivity contribution in [2.45, 2.75) is 45.1 Å². The molecule has 1 amide bonds. The second kappa shape index (κ2) is 10.1. The highest BCUT2D eigenvalue weighted by molar-refractivity contribution is 7.92. The van der Waals surface area contributed by atoms with Crippen molar-refractivity contribution in [3.63, 3.8) is 0 Å². The van der Waals surface area contributed by atoms with E-state index in [0.717, 1.165) is 11.1 Å². The Kier molecular flexibility index (Phi) is 8.07. The van der Waals surface area contributed by atoms with Crippen molar-refractivity contribution in [3.8, 4) is 0 Å². The van der Waals surface area contributed by atoms with E-state index in [-0.39, 0.29) is 27.5 Å². The molecule has 0 spiro atoms. The smallest absolute Gasteiger partial charge is 0.263 e. The minimum Gasteiger partial charge on any atom is -0.379 e. The van der Waals surface area contributed by atoms with E-state index in [0.29, 0.717) is 25.3 Å². The normalized spacial score (nSPS) is 11.5. The number of rotatable bonds is 9. The Morgan fingerprint density at radius 2 is 1.76 bits per heavy atom. The second-order valence-electron chi connectivity index (χ2n) is 7.16. The summed E-state index contributed by atoms with van der Waals surface area (Å²) in [5.41, 5.74) is 2.53. The largest absolute Gasteiger partial charge is 0.379 e. The number of nitrogens with one attached hydrogen (secondary N) is 2. The molecule has 0 aliphatic carbocycles. The molecule has 2 aromatic rings. The fraction of sp³-hybridized carbons (Fsp3) is 0.381. The average molecular weight is 439 g/mol. The zero-order valence-corrected chi connectivity index (χ0v) is 18.7. The lowest BCUT2D eigenvalue weighted by Gasteiger charge is -2.13. The molecule has 0 saturated heterocycles. The minimum atomic E-state index is -3.95. The molecule has 6 nitrogen and oxygen atoms in total. The summed E-state index contributed by atoms with van der Waals surface area (Å²) in [6.45, 7) is 8.62. The van der Waals surface area contributed by atoms with Gasteiger partial charge in [0.2, 0.25) is 0 Å². The fourth-order valence-corrected chi connectivity index (χ4v) is 4.36. The molecule has 158 valence electrons. The van der Waals surface area contributed by atoms with Crippen molar-refractivity contribution in [3.05, 3.63) is 58.1 Å². The molecule has 2 rings (SSSR count). The molecule has 29 heavy (non-hydrogen) atoms. The Morgan fingerprint density at radius 3 is 2.38 bits per heavy atom. The number of hydrogen-bond acceptors (Lipinski definition) is 4. The third kappa shape index (κ3) is 7.03. The molecule has 0 atom stereocenters. The molecule has 0 radical (unpaired) electrons. The standard InChI is InChI=1S/C21H27ClN2O4S/c1-14(2)28-9-5-8-23-21(25)17-6-7-19(22)20(13-17)29(26,27)24-18-11-15(3)10-16(4)12-18/h6-7,10-14,24H,5,8-9H2,1-4H3,(H,23,25). The average Bonchev–Trinajstić information content (AvgIpc) is 2.59. The van der Waals surface area contributed by atoms with Gasteiger partial charge in [-0.2, -0.15) is 0 Å². The first-order valence-corrected chi connectivity index (χ1v) is 11.2. The van der Waals surface area contributed by atoms with Crippen LogP contribution in [0.15, 0.2) is 41.3 Å². The third-order valence-corrected chi connectivity index (χ3v) is 5.88. The molecule has 8 heteroatoms. The van der Waals surface area contributed by atoms with Gasteiger partial charge in [-0.1, -0.05) is 17.7 Å². The van der Waals surface area contributed by atoms with Gasteiger partial charge in [-0.15, -0.1) is 0 Å². The van der Waals surface area contributed by atoms with E-state index in [2.05, 4.69) is 10.0 Å². The van der Waals surface area contributed by atoms with Gasteiger partial charge in [0.05, 0.1) is 11.1 Å². The number of carbonyl (C=O) groups excluding carboxylic acids is 1. The van der Waals surface area contributed by atoms with E-state index in [9.17, 15) is 13.2 Å². The van der Waals surface area contributed by atoms with Crippen LogP contribution in [-0.2, 0) is 14.8 Å². The topological polar surface area (TPSA) is 84.5 Å². The summed E-state index contributed by atoms with van der Waals surface area (Å²) >= 11 is 6.12. The minimum absolute atomic E-state index is 0.0451. The van der Waals surface area contributed by atoms with Gasteiger partial charge >= 0.3 is 0 Å². The van der Waals surface area contributed by atoms with Crippen LogP contribution in [-0.4, -0.2) is 33.6 Å². The third-order valence-electron chi connectivity index (χ3n) is 4.01. The summed E-state index contributed by atoms with van der Waals surface area (Å²) in [6.07, 6.45) is 0.802. The van der Waals surface area contributed by atoms with Crippen LogP contribution in [0.4, 0.5) is 5.69 Å². The highest BCUT2D eigenvalue weighted by atomic mass is 35.5. The van der Waals surface area contributed by atoms with Crippen molar-refractivity contribution in [2.24, 2.45) is 0 Å². The van der Waals surface area contributed by atoms with E-state index < -0.39 is 10.0 Å². The van der Waals surface area contributed by atoms with Gasteiger partial charge in [-0.25, -0.2) is 8.42 Å². The molecule has 0 fully saturated rings. The van der Waals surface area contributed by atoms with Crippen molar-refractivity contribution in [1.82, 2.24) is 5.32 Å². The van der Waals surface area contributed by atoms with Crippen molar-refractivity contribution < 1.29 is 17.9 Å². The maximum atomic E-state index is 12.8. The Morgan fingerprint density at radius 1 is 1.10 bits per heavy atom. The maximum Gasteiger partial charge on any atom is 0.263 e. The van der Waals surface area contributed by atoms with E-state index in [4.69, 9.17) is 16.3 Å². The Bertz CT molecular complexity index is 954. The molecule has 2 aromatic carbocycles. The lowest BCUT2D eigenvalue weighted by atomic mass is 10.1. The maximum absolute atomic E-state index is 12.8. The summed E-state index contributed by atoms with van der Waals surface area (Å²) in [5, 5.41) is 2.80. The number of ether oxygens (including phenoxy) is 1. The van der Waals surface area contributed by atoms with Gasteiger partial charge in [-0.05, 0) is 75.6 Å². The SMILES string of the molecule is Cc1cc(C)cc(NS(=O)(=O)c2cc(C(=O)NCCCOC(C)C)ccc2Cl)c1. The van der Waals surface area contributed by atoms with E-state index in [1.165, 1.54) is 18.2 Å². The Balaban J connectivity index is 2.13. The van der Waals surface area contributed by atoms with Crippen LogP contribution < -0.4 is 10.0 Å².